The summed E-state index contributed by atoms with van der Waals surface area (Å²) in [6.07, 6.45) is 0.975. The Morgan fingerprint density at radius 2 is 1.65 bits per heavy atom. The molecule has 2 aliphatic rings. The highest BCUT2D eigenvalue weighted by Gasteiger charge is 2.33. The van der Waals surface area contributed by atoms with E-state index in [0.717, 1.165) is 23.2 Å². The van der Waals surface area contributed by atoms with Crippen LogP contribution in [0.4, 0.5) is 0 Å². The zero-order chi connectivity index (χ0) is 30.4. The maximum absolute atomic E-state index is 13.0. The third-order valence-electron chi connectivity index (χ3n) is 8.03. The number of carbonyl (C=O) groups excluding carboxylic acids is 3. The van der Waals surface area contributed by atoms with Gasteiger partial charge in [-0.3, -0.25) is 24.6 Å². The first-order chi connectivity index (χ1) is 20.8. The summed E-state index contributed by atoms with van der Waals surface area (Å²) in [4.78, 5) is 39.5. The normalized spacial score (nSPS) is 16.5. The van der Waals surface area contributed by atoms with E-state index in [1.807, 2.05) is 37.3 Å². The molecule has 0 radical (unpaired) electrons. The smallest absolute Gasteiger partial charge is 0.254 e. The molecule has 5 rings (SSSR count). The largest absolute Gasteiger partial charge is 0.489 e. The number of benzene rings is 3. The molecule has 1 atom stereocenters. The molecule has 0 saturated carbocycles. The summed E-state index contributed by atoms with van der Waals surface area (Å²) in [7, 11) is -3.47. The number of hydrogen-bond acceptors (Lipinski definition) is 7. The summed E-state index contributed by atoms with van der Waals surface area (Å²) < 4.78 is 33.5. The number of hydrogen-bond donors (Lipinski definition) is 1. The number of imide groups is 1. The Morgan fingerprint density at radius 3 is 2.35 bits per heavy atom. The number of nitrogens with zero attached hydrogens (tertiary/aromatic N) is 3. The van der Waals surface area contributed by atoms with Crippen LogP contribution in [0.5, 0.6) is 5.75 Å². The predicted molar refractivity (Wildman–Crippen MR) is 160 cm³/mol. The molecule has 1 N–H and O–H groups in total. The van der Waals surface area contributed by atoms with Gasteiger partial charge in [0.05, 0.1) is 11.4 Å². The van der Waals surface area contributed by atoms with Gasteiger partial charge in [0, 0.05) is 56.3 Å². The van der Waals surface area contributed by atoms with E-state index in [0.29, 0.717) is 68.4 Å². The fraction of sp³-hybridized carbons (Fsp3) is 0.344. The number of piperazine rings is 1. The third-order valence-corrected chi connectivity index (χ3v) is 9.94. The van der Waals surface area contributed by atoms with Crippen molar-refractivity contribution in [3.63, 3.8) is 0 Å². The fourth-order valence-electron chi connectivity index (χ4n) is 5.48. The Bertz CT molecular complexity index is 1550. The highest BCUT2D eigenvalue weighted by atomic mass is 32.2. The van der Waals surface area contributed by atoms with E-state index in [-0.39, 0.29) is 24.3 Å². The SMILES string of the molecule is CC(CCC(=O)NC=O)N1Cc2c(OCc3ccc(CN4CCN(S(=O)(=O)c5ccccc5)CC4)cc3)cccc2C1=O. The summed E-state index contributed by atoms with van der Waals surface area (Å²) >= 11 is 0. The second kappa shape index (κ2) is 13.5. The van der Waals surface area contributed by atoms with Crippen molar-refractivity contribution in [3.8, 4) is 5.75 Å². The van der Waals surface area contributed by atoms with Crippen LogP contribution in [-0.2, 0) is 39.3 Å². The molecule has 0 spiro atoms. The molecular formula is C32H36N4O6S. The Kier molecular flexibility index (Phi) is 9.54. The molecule has 11 heteroatoms. The summed E-state index contributed by atoms with van der Waals surface area (Å²) in [6, 6.07) is 22.0. The second-order valence-electron chi connectivity index (χ2n) is 10.9. The van der Waals surface area contributed by atoms with E-state index in [1.54, 1.807) is 39.5 Å². The maximum atomic E-state index is 13.0. The van der Waals surface area contributed by atoms with Crippen LogP contribution in [0.2, 0.25) is 0 Å². The van der Waals surface area contributed by atoms with Gasteiger partial charge in [-0.25, -0.2) is 8.42 Å². The molecule has 226 valence electrons. The molecule has 10 nitrogen and oxygen atoms in total. The van der Waals surface area contributed by atoms with Gasteiger partial charge >= 0.3 is 0 Å². The number of ether oxygens (including phenoxy) is 1. The lowest BCUT2D eigenvalue weighted by atomic mass is 10.1. The minimum Gasteiger partial charge on any atom is -0.489 e. The van der Waals surface area contributed by atoms with Crippen molar-refractivity contribution >= 4 is 28.2 Å². The average molecular weight is 605 g/mol. The number of rotatable bonds is 12. The van der Waals surface area contributed by atoms with Crippen molar-refractivity contribution in [2.75, 3.05) is 26.2 Å². The highest BCUT2D eigenvalue weighted by Crippen LogP contribution is 2.33. The van der Waals surface area contributed by atoms with Crippen molar-refractivity contribution < 1.29 is 27.5 Å². The standard InChI is InChI=1S/C32H36N4O6S/c1-24(10-15-31(38)33-23-37)36-21-29-28(32(36)39)8-5-9-30(29)42-22-26-13-11-25(12-14-26)20-34-16-18-35(19-17-34)43(40,41)27-6-3-2-4-7-27/h2-9,11-14,23-24H,10,15-22H2,1H3,(H,33,37,38). The molecule has 1 fully saturated rings. The van der Waals surface area contributed by atoms with Crippen molar-refractivity contribution in [1.82, 2.24) is 19.4 Å². The van der Waals surface area contributed by atoms with E-state index >= 15 is 0 Å². The van der Waals surface area contributed by atoms with Crippen molar-refractivity contribution in [2.45, 2.75) is 50.4 Å². The van der Waals surface area contributed by atoms with Gasteiger partial charge in [-0.05, 0) is 48.7 Å². The van der Waals surface area contributed by atoms with Crippen LogP contribution in [0.1, 0.15) is 46.8 Å². The monoisotopic (exact) mass is 604 g/mol. The van der Waals surface area contributed by atoms with Crippen LogP contribution in [-0.4, -0.2) is 73.0 Å². The zero-order valence-electron chi connectivity index (χ0n) is 24.1. The first-order valence-corrected chi connectivity index (χ1v) is 15.8. The molecule has 0 aromatic heterocycles. The molecule has 2 heterocycles. The number of amides is 3. The van der Waals surface area contributed by atoms with Gasteiger partial charge in [-0.15, -0.1) is 0 Å². The second-order valence-corrected chi connectivity index (χ2v) is 12.8. The third kappa shape index (κ3) is 7.12. The van der Waals surface area contributed by atoms with Crippen LogP contribution in [0, 0.1) is 0 Å². The molecule has 3 amide bonds. The minimum atomic E-state index is -3.47. The molecule has 1 unspecified atom stereocenters. The van der Waals surface area contributed by atoms with Crippen molar-refractivity contribution in [1.29, 1.82) is 0 Å². The molecule has 0 bridgehead atoms. The van der Waals surface area contributed by atoms with Gasteiger partial charge in [-0.2, -0.15) is 4.31 Å². The summed E-state index contributed by atoms with van der Waals surface area (Å²) in [6.45, 7) is 5.62. The van der Waals surface area contributed by atoms with Gasteiger partial charge in [0.1, 0.15) is 12.4 Å². The lowest BCUT2D eigenvalue weighted by Gasteiger charge is -2.34. The van der Waals surface area contributed by atoms with Crippen LogP contribution in [0.25, 0.3) is 0 Å². The van der Waals surface area contributed by atoms with E-state index < -0.39 is 10.0 Å². The Hall–Kier alpha value is -4.06. The molecule has 0 aliphatic carbocycles. The summed E-state index contributed by atoms with van der Waals surface area (Å²) in [5.41, 5.74) is 3.58. The summed E-state index contributed by atoms with van der Waals surface area (Å²) in [5, 5.41) is 2.13. The molecule has 3 aromatic carbocycles. The maximum Gasteiger partial charge on any atom is 0.254 e. The van der Waals surface area contributed by atoms with Crippen LogP contribution in [0.3, 0.4) is 0 Å². The first-order valence-electron chi connectivity index (χ1n) is 14.4. The van der Waals surface area contributed by atoms with E-state index in [2.05, 4.69) is 22.3 Å². The van der Waals surface area contributed by atoms with Gasteiger partial charge in [0.25, 0.3) is 5.91 Å². The number of sulfonamides is 1. The zero-order valence-corrected chi connectivity index (χ0v) is 25.0. The number of nitrogens with one attached hydrogen (secondary N) is 1. The minimum absolute atomic E-state index is 0.0911. The van der Waals surface area contributed by atoms with E-state index in [9.17, 15) is 22.8 Å². The van der Waals surface area contributed by atoms with Crippen molar-refractivity contribution in [2.24, 2.45) is 0 Å². The topological polar surface area (TPSA) is 116 Å². The highest BCUT2D eigenvalue weighted by molar-refractivity contribution is 7.89. The van der Waals surface area contributed by atoms with Gasteiger partial charge in [0.15, 0.2) is 0 Å². The van der Waals surface area contributed by atoms with Crippen LogP contribution < -0.4 is 10.1 Å². The number of fused-ring (bicyclic) bond motifs is 1. The lowest BCUT2D eigenvalue weighted by Crippen LogP contribution is -2.48. The molecule has 43 heavy (non-hydrogen) atoms. The van der Waals surface area contributed by atoms with Crippen LogP contribution in [0.15, 0.2) is 77.7 Å². The number of carbonyl (C=O) groups is 3. The molecule has 1 saturated heterocycles. The van der Waals surface area contributed by atoms with Gasteiger partial charge in [-0.1, -0.05) is 48.5 Å². The fourth-order valence-corrected chi connectivity index (χ4v) is 6.92. The van der Waals surface area contributed by atoms with Gasteiger partial charge < -0.3 is 9.64 Å². The van der Waals surface area contributed by atoms with Crippen molar-refractivity contribution in [3.05, 3.63) is 95.1 Å². The average Bonchev–Trinajstić information content (AvgIpc) is 3.37. The Morgan fingerprint density at radius 1 is 0.953 bits per heavy atom. The van der Waals surface area contributed by atoms with Crippen LogP contribution >= 0.6 is 0 Å². The van der Waals surface area contributed by atoms with E-state index in [4.69, 9.17) is 4.74 Å². The Labute approximate surface area is 252 Å². The lowest BCUT2D eigenvalue weighted by molar-refractivity contribution is -0.125. The molecule has 2 aliphatic heterocycles. The van der Waals surface area contributed by atoms with E-state index in [1.165, 1.54) is 0 Å². The Balaban J connectivity index is 1.12. The molecule has 3 aromatic rings. The van der Waals surface area contributed by atoms with Gasteiger partial charge in [0.2, 0.25) is 22.3 Å². The summed E-state index contributed by atoms with van der Waals surface area (Å²) in [5.74, 6) is 0.205. The first kappa shape index (κ1) is 30.4. The molecular weight excluding hydrogens is 568 g/mol. The predicted octanol–water partition coefficient (Wildman–Crippen LogP) is 3.17. The quantitative estimate of drug-likeness (QED) is 0.316.